The van der Waals surface area contributed by atoms with Gasteiger partial charge in [-0.1, -0.05) is 30.3 Å². The molecule has 0 unspecified atom stereocenters. The van der Waals surface area contributed by atoms with Gasteiger partial charge in [0.1, 0.15) is 0 Å². The maximum atomic E-state index is 12.4. The molecule has 0 aliphatic heterocycles. The van der Waals surface area contributed by atoms with Gasteiger partial charge in [0, 0.05) is 29.6 Å². The topological polar surface area (TPSA) is 90.1 Å². The minimum absolute atomic E-state index is 0.0119. The van der Waals surface area contributed by atoms with Crippen molar-refractivity contribution in [2.75, 3.05) is 5.32 Å². The molecule has 0 fully saturated rings. The Labute approximate surface area is 144 Å². The molecule has 0 radical (unpaired) electrons. The molecule has 2 aromatic carbocycles. The molecule has 0 atom stereocenters. The van der Waals surface area contributed by atoms with E-state index in [4.69, 9.17) is 0 Å². The zero-order valence-corrected chi connectivity index (χ0v) is 13.5. The van der Waals surface area contributed by atoms with E-state index in [1.54, 1.807) is 19.3 Å². The van der Waals surface area contributed by atoms with Crippen LogP contribution in [0.15, 0.2) is 60.9 Å². The molecular weight excluding hydrogens is 320 g/mol. The smallest absolute Gasteiger partial charge is 0.272 e. The van der Waals surface area contributed by atoms with Crippen molar-refractivity contribution in [1.29, 1.82) is 0 Å². The second-order valence-corrected chi connectivity index (χ2v) is 5.58. The highest BCUT2D eigenvalue weighted by Gasteiger charge is 2.15. The lowest BCUT2D eigenvalue weighted by molar-refractivity contribution is -0.385. The third kappa shape index (κ3) is 3.72. The van der Waals surface area contributed by atoms with Crippen molar-refractivity contribution in [3.05, 3.63) is 87.7 Å². The Hall–Kier alpha value is -3.48. The average molecular weight is 336 g/mol. The number of nitro groups is 1. The number of hydrogen-bond donors (Lipinski definition) is 1. The first-order valence-electron chi connectivity index (χ1n) is 7.66. The standard InChI is InChI=1S/C18H16N4O3/c1-13-11-15(7-8-16(13)22(24)25)17(23)20-18-19-9-10-21(18)12-14-5-3-2-4-6-14/h2-11H,12H2,1H3,(H,19,20,23). The maximum Gasteiger partial charge on any atom is 0.272 e. The highest BCUT2D eigenvalue weighted by molar-refractivity contribution is 6.03. The number of nitrogens with one attached hydrogen (secondary N) is 1. The van der Waals surface area contributed by atoms with Crippen molar-refractivity contribution >= 4 is 17.5 Å². The average Bonchev–Trinajstić information content (AvgIpc) is 3.02. The third-order valence-corrected chi connectivity index (χ3v) is 3.79. The van der Waals surface area contributed by atoms with Crippen molar-refractivity contribution in [3.63, 3.8) is 0 Å². The minimum atomic E-state index is -0.469. The van der Waals surface area contributed by atoms with Crippen LogP contribution in [-0.4, -0.2) is 20.4 Å². The van der Waals surface area contributed by atoms with Crippen LogP contribution >= 0.6 is 0 Å². The second kappa shape index (κ2) is 6.96. The Kier molecular flexibility index (Phi) is 4.56. The van der Waals surface area contributed by atoms with Crippen molar-refractivity contribution in [1.82, 2.24) is 9.55 Å². The lowest BCUT2D eigenvalue weighted by Gasteiger charge is -2.09. The predicted molar refractivity (Wildman–Crippen MR) is 93.6 cm³/mol. The zero-order valence-electron chi connectivity index (χ0n) is 13.5. The van der Waals surface area contributed by atoms with E-state index >= 15 is 0 Å². The molecule has 0 saturated heterocycles. The van der Waals surface area contributed by atoms with E-state index in [2.05, 4.69) is 10.3 Å². The highest BCUT2D eigenvalue weighted by Crippen LogP contribution is 2.19. The lowest BCUT2D eigenvalue weighted by Crippen LogP contribution is -2.16. The van der Waals surface area contributed by atoms with Gasteiger partial charge in [-0.3, -0.25) is 20.2 Å². The Morgan fingerprint density at radius 2 is 2.00 bits per heavy atom. The van der Waals surface area contributed by atoms with Gasteiger partial charge in [-0.25, -0.2) is 4.98 Å². The molecule has 3 rings (SSSR count). The molecule has 0 spiro atoms. The normalized spacial score (nSPS) is 10.4. The van der Waals surface area contributed by atoms with E-state index in [0.29, 0.717) is 23.6 Å². The Balaban J connectivity index is 1.77. The third-order valence-electron chi connectivity index (χ3n) is 3.79. The molecule has 7 heteroatoms. The molecule has 1 heterocycles. The fourth-order valence-corrected chi connectivity index (χ4v) is 2.52. The number of carbonyl (C=O) groups excluding carboxylic acids is 1. The van der Waals surface area contributed by atoms with Crippen molar-refractivity contribution in [3.8, 4) is 0 Å². The summed E-state index contributed by atoms with van der Waals surface area (Å²) in [5.74, 6) is 0.0587. The number of amides is 1. The van der Waals surface area contributed by atoms with Gasteiger partial charge in [-0.2, -0.15) is 0 Å². The predicted octanol–water partition coefficient (Wildman–Crippen LogP) is 3.40. The number of rotatable bonds is 5. The first-order valence-corrected chi connectivity index (χ1v) is 7.66. The van der Waals surface area contributed by atoms with Crippen LogP contribution in [0.3, 0.4) is 0 Å². The minimum Gasteiger partial charge on any atom is -0.313 e. The molecule has 126 valence electrons. The van der Waals surface area contributed by atoms with Crippen LogP contribution in [0.5, 0.6) is 0 Å². The van der Waals surface area contributed by atoms with E-state index in [1.807, 2.05) is 34.9 Å². The largest absolute Gasteiger partial charge is 0.313 e. The number of benzene rings is 2. The van der Waals surface area contributed by atoms with Crippen molar-refractivity contribution < 1.29 is 9.72 Å². The van der Waals surface area contributed by atoms with Gasteiger partial charge >= 0.3 is 0 Å². The summed E-state index contributed by atoms with van der Waals surface area (Å²) in [6, 6.07) is 14.1. The molecule has 1 N–H and O–H groups in total. The quantitative estimate of drug-likeness (QED) is 0.571. The van der Waals surface area contributed by atoms with Gasteiger partial charge in [-0.05, 0) is 24.6 Å². The fourth-order valence-electron chi connectivity index (χ4n) is 2.52. The first-order chi connectivity index (χ1) is 12.0. The zero-order chi connectivity index (χ0) is 17.8. The van der Waals surface area contributed by atoms with Gasteiger partial charge in [-0.15, -0.1) is 0 Å². The molecule has 3 aromatic rings. The lowest BCUT2D eigenvalue weighted by atomic mass is 10.1. The molecule has 1 amide bonds. The summed E-state index contributed by atoms with van der Waals surface area (Å²) in [7, 11) is 0. The molecule has 1 aromatic heterocycles. The van der Waals surface area contributed by atoms with E-state index in [1.165, 1.54) is 18.2 Å². The number of nitrogens with zero attached hydrogens (tertiary/aromatic N) is 3. The number of carbonyl (C=O) groups is 1. The van der Waals surface area contributed by atoms with Gasteiger partial charge in [0.2, 0.25) is 5.95 Å². The van der Waals surface area contributed by atoms with Gasteiger partial charge in [0.25, 0.3) is 11.6 Å². The SMILES string of the molecule is Cc1cc(C(=O)Nc2nccn2Cc2ccccc2)ccc1[N+](=O)[O-]. The van der Waals surface area contributed by atoms with Gasteiger partial charge in [0.05, 0.1) is 11.5 Å². The fraction of sp³-hybridized carbons (Fsp3) is 0.111. The van der Waals surface area contributed by atoms with E-state index in [0.717, 1.165) is 5.56 Å². The molecule has 0 saturated carbocycles. The summed E-state index contributed by atoms with van der Waals surface area (Å²) >= 11 is 0. The molecule has 7 nitrogen and oxygen atoms in total. The van der Waals surface area contributed by atoms with Crippen LogP contribution in [-0.2, 0) is 6.54 Å². The maximum absolute atomic E-state index is 12.4. The van der Waals surface area contributed by atoms with Crippen LogP contribution in [0.25, 0.3) is 0 Å². The Bertz CT molecular complexity index is 919. The highest BCUT2D eigenvalue weighted by atomic mass is 16.6. The summed E-state index contributed by atoms with van der Waals surface area (Å²) in [4.78, 5) is 27.0. The van der Waals surface area contributed by atoms with Crippen LogP contribution in [0.2, 0.25) is 0 Å². The van der Waals surface area contributed by atoms with Crippen LogP contribution in [0, 0.1) is 17.0 Å². The van der Waals surface area contributed by atoms with E-state index < -0.39 is 4.92 Å². The Morgan fingerprint density at radius 3 is 2.68 bits per heavy atom. The van der Waals surface area contributed by atoms with E-state index in [-0.39, 0.29) is 11.6 Å². The molecule has 0 bridgehead atoms. The molecule has 0 aliphatic carbocycles. The summed E-state index contributed by atoms with van der Waals surface area (Å²) < 4.78 is 1.82. The Morgan fingerprint density at radius 1 is 1.24 bits per heavy atom. The molecular formula is C18H16N4O3. The van der Waals surface area contributed by atoms with Gasteiger partial charge < -0.3 is 4.57 Å². The number of nitro benzene ring substituents is 1. The van der Waals surface area contributed by atoms with Crippen LogP contribution < -0.4 is 5.32 Å². The molecule has 25 heavy (non-hydrogen) atoms. The summed E-state index contributed by atoms with van der Waals surface area (Å²) in [6.45, 7) is 2.18. The van der Waals surface area contributed by atoms with Gasteiger partial charge in [0.15, 0.2) is 0 Å². The number of aryl methyl sites for hydroxylation is 1. The summed E-state index contributed by atoms with van der Waals surface area (Å²) in [5, 5.41) is 13.6. The first kappa shape index (κ1) is 16.4. The van der Waals surface area contributed by atoms with Crippen molar-refractivity contribution in [2.24, 2.45) is 0 Å². The van der Waals surface area contributed by atoms with Crippen LogP contribution in [0.4, 0.5) is 11.6 Å². The monoisotopic (exact) mass is 336 g/mol. The number of anilines is 1. The summed E-state index contributed by atoms with van der Waals surface area (Å²) in [5.41, 5.74) is 1.85. The summed E-state index contributed by atoms with van der Waals surface area (Å²) in [6.07, 6.45) is 3.39. The van der Waals surface area contributed by atoms with E-state index in [9.17, 15) is 14.9 Å². The number of aromatic nitrogens is 2. The van der Waals surface area contributed by atoms with Crippen molar-refractivity contribution in [2.45, 2.75) is 13.5 Å². The van der Waals surface area contributed by atoms with Crippen LogP contribution in [0.1, 0.15) is 21.5 Å². The number of imidazole rings is 1. The number of hydrogen-bond acceptors (Lipinski definition) is 4. The second-order valence-electron chi connectivity index (χ2n) is 5.58. The molecule has 0 aliphatic rings.